The molecule has 4 nitrogen and oxygen atoms in total. The molecule has 4 heteroatoms. The fourth-order valence-corrected chi connectivity index (χ4v) is 1.57. The van der Waals surface area contributed by atoms with E-state index in [2.05, 4.69) is 4.74 Å². The summed E-state index contributed by atoms with van der Waals surface area (Å²) in [4.78, 5) is 22.0. The Bertz CT molecular complexity index is 206. The molecular formula is C10H16O4. The van der Waals surface area contributed by atoms with Crippen LogP contribution in [0.4, 0.5) is 0 Å². The third-order valence-corrected chi connectivity index (χ3v) is 2.27. The maximum Gasteiger partial charge on any atom is 0.417 e. The van der Waals surface area contributed by atoms with Crippen LogP contribution in [0.25, 0.3) is 0 Å². The van der Waals surface area contributed by atoms with Gasteiger partial charge in [0.15, 0.2) is 0 Å². The predicted octanol–water partition coefficient (Wildman–Crippen LogP) is 1.43. The first-order chi connectivity index (χ1) is 6.74. The van der Waals surface area contributed by atoms with Gasteiger partial charge in [-0.25, -0.2) is 9.59 Å². The van der Waals surface area contributed by atoms with Gasteiger partial charge in [0.05, 0.1) is 6.61 Å². The minimum Gasteiger partial charge on any atom is -0.458 e. The summed E-state index contributed by atoms with van der Waals surface area (Å²) in [7, 11) is 0. The Labute approximate surface area is 83.6 Å². The molecule has 1 saturated carbocycles. The number of hydrogen-bond acceptors (Lipinski definition) is 4. The molecule has 1 fully saturated rings. The van der Waals surface area contributed by atoms with Crippen molar-refractivity contribution in [3.05, 3.63) is 0 Å². The smallest absolute Gasteiger partial charge is 0.417 e. The van der Waals surface area contributed by atoms with Gasteiger partial charge in [-0.15, -0.1) is 0 Å². The molecule has 14 heavy (non-hydrogen) atoms. The number of rotatable bonds is 2. The molecular weight excluding hydrogens is 184 g/mol. The zero-order valence-electron chi connectivity index (χ0n) is 8.45. The Morgan fingerprint density at radius 2 is 1.79 bits per heavy atom. The number of hydrogen-bond donors (Lipinski definition) is 0. The maximum atomic E-state index is 11.1. The fraction of sp³-hybridized carbons (Fsp3) is 0.800. The Morgan fingerprint density at radius 1 is 1.14 bits per heavy atom. The van der Waals surface area contributed by atoms with Crippen molar-refractivity contribution in [1.29, 1.82) is 0 Å². The summed E-state index contributed by atoms with van der Waals surface area (Å²) in [5.41, 5.74) is 0. The van der Waals surface area contributed by atoms with Gasteiger partial charge in [0.2, 0.25) is 0 Å². The van der Waals surface area contributed by atoms with Crippen LogP contribution >= 0.6 is 0 Å². The van der Waals surface area contributed by atoms with E-state index in [-0.39, 0.29) is 12.7 Å². The lowest BCUT2D eigenvalue weighted by Crippen LogP contribution is -2.27. The van der Waals surface area contributed by atoms with E-state index in [1.165, 1.54) is 6.42 Å². The molecule has 0 aromatic rings. The Morgan fingerprint density at radius 3 is 2.36 bits per heavy atom. The molecule has 1 aliphatic carbocycles. The highest BCUT2D eigenvalue weighted by Crippen LogP contribution is 2.20. The SMILES string of the molecule is CCOC(=O)C(=O)OC1CCCCC1. The van der Waals surface area contributed by atoms with Crippen molar-refractivity contribution in [1.82, 2.24) is 0 Å². The van der Waals surface area contributed by atoms with Gasteiger partial charge in [-0.05, 0) is 32.6 Å². The van der Waals surface area contributed by atoms with E-state index in [4.69, 9.17) is 4.74 Å². The third kappa shape index (κ3) is 3.36. The van der Waals surface area contributed by atoms with Gasteiger partial charge in [-0.1, -0.05) is 6.42 Å². The van der Waals surface area contributed by atoms with Crippen molar-refractivity contribution in [3.8, 4) is 0 Å². The topological polar surface area (TPSA) is 52.6 Å². The lowest BCUT2D eigenvalue weighted by molar-refractivity contribution is -0.171. The van der Waals surface area contributed by atoms with Crippen molar-refractivity contribution in [3.63, 3.8) is 0 Å². The van der Waals surface area contributed by atoms with E-state index >= 15 is 0 Å². The van der Waals surface area contributed by atoms with Crippen molar-refractivity contribution in [2.75, 3.05) is 6.61 Å². The van der Waals surface area contributed by atoms with E-state index in [0.717, 1.165) is 25.7 Å². The second-order valence-corrected chi connectivity index (χ2v) is 3.39. The first-order valence-electron chi connectivity index (χ1n) is 5.11. The number of ether oxygens (including phenoxy) is 2. The molecule has 0 N–H and O–H groups in total. The molecule has 1 aliphatic rings. The maximum absolute atomic E-state index is 11.1. The molecule has 0 bridgehead atoms. The second kappa shape index (κ2) is 5.62. The van der Waals surface area contributed by atoms with Crippen LogP contribution in [0.5, 0.6) is 0 Å². The largest absolute Gasteiger partial charge is 0.458 e. The third-order valence-electron chi connectivity index (χ3n) is 2.27. The quantitative estimate of drug-likeness (QED) is 0.499. The molecule has 0 aliphatic heterocycles. The number of carbonyl (C=O) groups excluding carboxylic acids is 2. The van der Waals surface area contributed by atoms with Crippen molar-refractivity contribution >= 4 is 11.9 Å². The first-order valence-corrected chi connectivity index (χ1v) is 5.11. The monoisotopic (exact) mass is 200 g/mol. The molecule has 0 spiro atoms. The van der Waals surface area contributed by atoms with Gasteiger partial charge in [0.1, 0.15) is 6.10 Å². The van der Waals surface area contributed by atoms with Crippen LogP contribution in [0.1, 0.15) is 39.0 Å². The van der Waals surface area contributed by atoms with Crippen LogP contribution in [0.3, 0.4) is 0 Å². The zero-order valence-corrected chi connectivity index (χ0v) is 8.45. The molecule has 80 valence electrons. The van der Waals surface area contributed by atoms with Gasteiger partial charge >= 0.3 is 11.9 Å². The molecule has 0 heterocycles. The predicted molar refractivity (Wildman–Crippen MR) is 49.6 cm³/mol. The zero-order chi connectivity index (χ0) is 10.4. The molecule has 0 radical (unpaired) electrons. The Hall–Kier alpha value is -1.06. The van der Waals surface area contributed by atoms with Crippen molar-refractivity contribution in [2.45, 2.75) is 45.1 Å². The lowest BCUT2D eigenvalue weighted by atomic mass is 9.98. The summed E-state index contributed by atoms with van der Waals surface area (Å²) in [6, 6.07) is 0. The van der Waals surface area contributed by atoms with Crippen LogP contribution < -0.4 is 0 Å². The summed E-state index contributed by atoms with van der Waals surface area (Å²) >= 11 is 0. The minimum atomic E-state index is -0.877. The fourth-order valence-electron chi connectivity index (χ4n) is 1.57. The van der Waals surface area contributed by atoms with E-state index in [9.17, 15) is 9.59 Å². The summed E-state index contributed by atoms with van der Waals surface area (Å²) in [5.74, 6) is -1.73. The van der Waals surface area contributed by atoms with Crippen LogP contribution in [0, 0.1) is 0 Å². The average Bonchev–Trinajstić information content (AvgIpc) is 2.19. The van der Waals surface area contributed by atoms with Crippen LogP contribution in [0.2, 0.25) is 0 Å². The van der Waals surface area contributed by atoms with E-state index in [1.54, 1.807) is 6.92 Å². The van der Waals surface area contributed by atoms with Crippen LogP contribution in [-0.4, -0.2) is 24.6 Å². The standard InChI is InChI=1S/C10H16O4/c1-2-13-9(11)10(12)14-8-6-4-3-5-7-8/h8H,2-7H2,1H3. The number of carbonyl (C=O) groups is 2. The molecule has 0 atom stereocenters. The number of esters is 2. The van der Waals surface area contributed by atoms with E-state index in [1.807, 2.05) is 0 Å². The van der Waals surface area contributed by atoms with Gasteiger partial charge in [0, 0.05) is 0 Å². The summed E-state index contributed by atoms with van der Waals surface area (Å²) in [5, 5.41) is 0. The molecule has 1 rings (SSSR count). The lowest BCUT2D eigenvalue weighted by Gasteiger charge is -2.20. The average molecular weight is 200 g/mol. The first kappa shape index (κ1) is 11.0. The van der Waals surface area contributed by atoms with Crippen LogP contribution in [-0.2, 0) is 19.1 Å². The normalized spacial score (nSPS) is 17.5. The highest BCUT2D eigenvalue weighted by atomic mass is 16.6. The minimum absolute atomic E-state index is 0.0827. The van der Waals surface area contributed by atoms with Gasteiger partial charge in [-0.3, -0.25) is 0 Å². The van der Waals surface area contributed by atoms with E-state index < -0.39 is 11.9 Å². The molecule has 0 unspecified atom stereocenters. The Kier molecular flexibility index (Phi) is 4.43. The molecule has 0 aromatic carbocycles. The second-order valence-electron chi connectivity index (χ2n) is 3.39. The highest BCUT2D eigenvalue weighted by Gasteiger charge is 2.23. The molecule has 0 amide bonds. The van der Waals surface area contributed by atoms with Crippen molar-refractivity contribution in [2.24, 2.45) is 0 Å². The van der Waals surface area contributed by atoms with Gasteiger partial charge in [0.25, 0.3) is 0 Å². The molecule has 0 aromatic heterocycles. The Balaban J connectivity index is 2.28. The summed E-state index contributed by atoms with van der Waals surface area (Å²) in [6.07, 6.45) is 4.98. The van der Waals surface area contributed by atoms with E-state index in [0.29, 0.717) is 0 Å². The summed E-state index contributed by atoms with van der Waals surface area (Å²) in [6.45, 7) is 1.87. The molecule has 0 saturated heterocycles. The summed E-state index contributed by atoms with van der Waals surface area (Å²) < 4.78 is 9.52. The van der Waals surface area contributed by atoms with Gasteiger partial charge in [-0.2, -0.15) is 0 Å². The van der Waals surface area contributed by atoms with Crippen LogP contribution in [0.15, 0.2) is 0 Å². The van der Waals surface area contributed by atoms with Crippen molar-refractivity contribution < 1.29 is 19.1 Å². The highest BCUT2D eigenvalue weighted by molar-refractivity contribution is 6.29. The van der Waals surface area contributed by atoms with Gasteiger partial charge < -0.3 is 9.47 Å².